The van der Waals surface area contributed by atoms with E-state index in [0.717, 1.165) is 6.42 Å². The fourth-order valence-corrected chi connectivity index (χ4v) is 4.33. The van der Waals surface area contributed by atoms with Gasteiger partial charge < -0.3 is 10.1 Å². The van der Waals surface area contributed by atoms with Gasteiger partial charge in [0.15, 0.2) is 0 Å². The zero-order chi connectivity index (χ0) is 11.8. The Balaban J connectivity index is 2.00. The van der Waals surface area contributed by atoms with Crippen LogP contribution in [0.3, 0.4) is 0 Å². The molecule has 1 amide bonds. The summed E-state index contributed by atoms with van der Waals surface area (Å²) in [5.74, 6) is 0.934. The SMILES string of the molecule is COC(=O)CCNC(=O)CCC1CCSS1. The minimum Gasteiger partial charge on any atom is -0.469 e. The maximum Gasteiger partial charge on any atom is 0.307 e. The summed E-state index contributed by atoms with van der Waals surface area (Å²) >= 11 is 0. The number of hydrogen-bond donors (Lipinski definition) is 1. The molecule has 4 nitrogen and oxygen atoms in total. The zero-order valence-corrected chi connectivity index (χ0v) is 11.0. The van der Waals surface area contributed by atoms with Gasteiger partial charge in [0.2, 0.25) is 5.91 Å². The van der Waals surface area contributed by atoms with Crippen LogP contribution in [-0.4, -0.2) is 36.5 Å². The average Bonchev–Trinajstić information content (AvgIpc) is 2.79. The van der Waals surface area contributed by atoms with Gasteiger partial charge in [-0.3, -0.25) is 9.59 Å². The number of carbonyl (C=O) groups is 2. The highest BCUT2D eigenvalue weighted by atomic mass is 33.1. The molecule has 0 radical (unpaired) electrons. The molecule has 0 spiro atoms. The van der Waals surface area contributed by atoms with Crippen molar-refractivity contribution in [2.75, 3.05) is 19.4 Å². The molecule has 0 saturated carbocycles. The summed E-state index contributed by atoms with van der Waals surface area (Å²) < 4.78 is 4.48. The average molecular weight is 263 g/mol. The van der Waals surface area contributed by atoms with Crippen molar-refractivity contribution in [1.29, 1.82) is 0 Å². The Morgan fingerprint density at radius 2 is 2.25 bits per heavy atom. The van der Waals surface area contributed by atoms with Gasteiger partial charge in [-0.05, 0) is 12.8 Å². The molecule has 1 rings (SSSR count). The van der Waals surface area contributed by atoms with Crippen LogP contribution in [0.2, 0.25) is 0 Å². The molecule has 92 valence electrons. The second kappa shape index (κ2) is 7.84. The van der Waals surface area contributed by atoms with Crippen molar-refractivity contribution in [2.24, 2.45) is 0 Å². The van der Waals surface area contributed by atoms with Gasteiger partial charge in [0, 0.05) is 24.0 Å². The molecule has 16 heavy (non-hydrogen) atoms. The van der Waals surface area contributed by atoms with E-state index >= 15 is 0 Å². The number of ether oxygens (including phenoxy) is 1. The smallest absolute Gasteiger partial charge is 0.307 e. The van der Waals surface area contributed by atoms with Gasteiger partial charge in [0.05, 0.1) is 13.5 Å². The second-order valence-corrected chi connectivity index (χ2v) is 6.33. The summed E-state index contributed by atoms with van der Waals surface area (Å²) in [5.41, 5.74) is 0. The summed E-state index contributed by atoms with van der Waals surface area (Å²) in [5, 5.41) is 3.34. The normalized spacial score (nSPS) is 19.4. The summed E-state index contributed by atoms with van der Waals surface area (Å²) in [6, 6.07) is 0. The van der Waals surface area contributed by atoms with Crippen molar-refractivity contribution in [3.05, 3.63) is 0 Å². The standard InChI is InChI=1S/C10H17NO3S2/c1-14-10(13)4-6-11-9(12)3-2-8-5-7-15-16-8/h8H,2-7H2,1H3,(H,11,12). The molecular weight excluding hydrogens is 246 g/mol. The molecule has 0 aromatic rings. The van der Waals surface area contributed by atoms with Crippen LogP contribution in [0, 0.1) is 0 Å². The summed E-state index contributed by atoms with van der Waals surface area (Å²) in [6.07, 6.45) is 2.93. The highest BCUT2D eigenvalue weighted by molar-refractivity contribution is 8.77. The van der Waals surface area contributed by atoms with E-state index in [1.54, 1.807) is 0 Å². The van der Waals surface area contributed by atoms with E-state index in [0.29, 0.717) is 18.2 Å². The maximum atomic E-state index is 11.4. The minimum atomic E-state index is -0.289. The van der Waals surface area contributed by atoms with E-state index in [-0.39, 0.29) is 18.3 Å². The largest absolute Gasteiger partial charge is 0.469 e. The van der Waals surface area contributed by atoms with Crippen LogP contribution >= 0.6 is 21.6 Å². The summed E-state index contributed by atoms with van der Waals surface area (Å²) in [6.45, 7) is 0.373. The van der Waals surface area contributed by atoms with E-state index in [1.165, 1.54) is 19.3 Å². The van der Waals surface area contributed by atoms with Crippen molar-refractivity contribution in [2.45, 2.75) is 30.9 Å². The van der Waals surface area contributed by atoms with E-state index in [1.807, 2.05) is 21.6 Å². The Hall–Kier alpha value is -0.360. The van der Waals surface area contributed by atoms with E-state index in [2.05, 4.69) is 10.1 Å². The third-order valence-electron chi connectivity index (χ3n) is 2.30. The number of rotatable bonds is 6. The Kier molecular flexibility index (Phi) is 6.71. The number of methoxy groups -OCH3 is 1. The molecule has 1 aliphatic rings. The molecule has 0 bridgehead atoms. The van der Waals surface area contributed by atoms with Gasteiger partial charge in [-0.15, -0.1) is 0 Å². The summed E-state index contributed by atoms with van der Waals surface area (Å²) in [7, 11) is 5.11. The van der Waals surface area contributed by atoms with Gasteiger partial charge in [-0.1, -0.05) is 21.6 Å². The second-order valence-electron chi connectivity index (χ2n) is 3.54. The molecule has 0 aromatic carbocycles. The third kappa shape index (κ3) is 5.65. The molecule has 0 aromatic heterocycles. The molecular formula is C10H17NO3S2. The molecule has 6 heteroatoms. The van der Waals surface area contributed by atoms with Gasteiger partial charge >= 0.3 is 5.97 Å². The molecule has 1 fully saturated rings. The third-order valence-corrected chi connectivity index (χ3v) is 5.31. The quantitative estimate of drug-likeness (QED) is 0.583. The van der Waals surface area contributed by atoms with Gasteiger partial charge in [0.1, 0.15) is 0 Å². The van der Waals surface area contributed by atoms with Crippen molar-refractivity contribution < 1.29 is 14.3 Å². The van der Waals surface area contributed by atoms with Crippen molar-refractivity contribution in [3.63, 3.8) is 0 Å². The van der Waals surface area contributed by atoms with Crippen LogP contribution in [0.4, 0.5) is 0 Å². The maximum absolute atomic E-state index is 11.4. The van der Waals surface area contributed by atoms with Gasteiger partial charge in [-0.2, -0.15) is 0 Å². The number of hydrogen-bond acceptors (Lipinski definition) is 5. The van der Waals surface area contributed by atoms with Crippen LogP contribution in [0.25, 0.3) is 0 Å². The molecule has 1 unspecified atom stereocenters. The fourth-order valence-electron chi connectivity index (χ4n) is 1.35. The lowest BCUT2D eigenvalue weighted by molar-refractivity contribution is -0.140. The number of nitrogens with one attached hydrogen (secondary N) is 1. The fraction of sp³-hybridized carbons (Fsp3) is 0.800. The van der Waals surface area contributed by atoms with Crippen LogP contribution < -0.4 is 5.32 Å². The predicted molar refractivity (Wildman–Crippen MR) is 67.3 cm³/mol. The Morgan fingerprint density at radius 1 is 1.44 bits per heavy atom. The van der Waals surface area contributed by atoms with Crippen LogP contribution in [0.15, 0.2) is 0 Å². The molecule has 1 saturated heterocycles. The first kappa shape index (κ1) is 13.7. The number of carbonyl (C=O) groups excluding carboxylic acids is 2. The highest BCUT2D eigenvalue weighted by Gasteiger charge is 2.17. The predicted octanol–water partition coefficient (Wildman–Crippen LogP) is 1.60. The van der Waals surface area contributed by atoms with Crippen LogP contribution in [0.5, 0.6) is 0 Å². The molecule has 1 N–H and O–H groups in total. The van der Waals surface area contributed by atoms with Gasteiger partial charge in [-0.25, -0.2) is 0 Å². The molecule has 1 atom stereocenters. The first-order valence-electron chi connectivity index (χ1n) is 5.34. The molecule has 1 aliphatic heterocycles. The lowest BCUT2D eigenvalue weighted by atomic mass is 10.2. The monoisotopic (exact) mass is 263 g/mol. The van der Waals surface area contributed by atoms with Gasteiger partial charge in [0.25, 0.3) is 0 Å². The van der Waals surface area contributed by atoms with E-state index < -0.39 is 0 Å². The first-order valence-corrected chi connectivity index (χ1v) is 7.72. The lowest BCUT2D eigenvalue weighted by Crippen LogP contribution is -2.26. The topological polar surface area (TPSA) is 55.4 Å². The summed E-state index contributed by atoms with van der Waals surface area (Å²) in [4.78, 5) is 22.2. The van der Waals surface area contributed by atoms with Crippen molar-refractivity contribution in [1.82, 2.24) is 5.32 Å². The lowest BCUT2D eigenvalue weighted by Gasteiger charge is -2.07. The van der Waals surface area contributed by atoms with Crippen LogP contribution in [-0.2, 0) is 14.3 Å². The van der Waals surface area contributed by atoms with Crippen molar-refractivity contribution >= 4 is 33.5 Å². The first-order chi connectivity index (χ1) is 7.72. The number of amides is 1. The Labute approximate surface area is 104 Å². The Bertz CT molecular complexity index is 242. The minimum absolute atomic E-state index is 0.0291. The zero-order valence-electron chi connectivity index (χ0n) is 9.36. The number of esters is 1. The molecule has 1 heterocycles. The highest BCUT2D eigenvalue weighted by Crippen LogP contribution is 2.39. The van der Waals surface area contributed by atoms with E-state index in [4.69, 9.17) is 0 Å². The van der Waals surface area contributed by atoms with E-state index in [9.17, 15) is 9.59 Å². The molecule has 0 aliphatic carbocycles. The van der Waals surface area contributed by atoms with Crippen LogP contribution in [0.1, 0.15) is 25.7 Å². The van der Waals surface area contributed by atoms with Crippen molar-refractivity contribution in [3.8, 4) is 0 Å². The Morgan fingerprint density at radius 3 is 2.88 bits per heavy atom.